The van der Waals surface area contributed by atoms with Gasteiger partial charge in [-0.2, -0.15) is 0 Å². The van der Waals surface area contributed by atoms with Gasteiger partial charge in [-0.05, 0) is 43.9 Å². The van der Waals surface area contributed by atoms with Gasteiger partial charge in [-0.1, -0.05) is 13.8 Å². The molecule has 1 aliphatic rings. The molecule has 2 N–H and O–H groups in total. The third-order valence-corrected chi connectivity index (χ3v) is 4.70. The predicted octanol–water partition coefficient (Wildman–Crippen LogP) is 3.52. The minimum Gasteiger partial charge on any atom is -0.323 e. The van der Waals surface area contributed by atoms with Crippen molar-refractivity contribution in [2.24, 2.45) is 23.5 Å². The third kappa shape index (κ3) is 2.64. The summed E-state index contributed by atoms with van der Waals surface area (Å²) in [6, 6.07) is 0.205. The van der Waals surface area contributed by atoms with E-state index in [4.69, 9.17) is 5.73 Å². The van der Waals surface area contributed by atoms with Gasteiger partial charge in [0.2, 0.25) is 0 Å². The highest BCUT2D eigenvalue weighted by Crippen LogP contribution is 2.39. The summed E-state index contributed by atoms with van der Waals surface area (Å²) in [5.41, 5.74) is 6.38. The van der Waals surface area contributed by atoms with Gasteiger partial charge in [0.05, 0.1) is 5.01 Å². The average Bonchev–Trinajstić information content (AvgIpc) is 2.62. The van der Waals surface area contributed by atoms with Gasteiger partial charge in [-0.25, -0.2) is 4.98 Å². The molecule has 3 heteroatoms. The Labute approximate surface area is 102 Å². The lowest BCUT2D eigenvalue weighted by molar-refractivity contribution is 0.194. The lowest BCUT2D eigenvalue weighted by Gasteiger charge is -2.34. The van der Waals surface area contributed by atoms with Gasteiger partial charge in [0.25, 0.3) is 0 Å². The van der Waals surface area contributed by atoms with Gasteiger partial charge in [0, 0.05) is 17.1 Å². The molecular weight excluding hydrogens is 216 g/mol. The van der Waals surface area contributed by atoms with Crippen molar-refractivity contribution >= 4 is 11.3 Å². The molecule has 1 fully saturated rings. The van der Waals surface area contributed by atoms with Crippen molar-refractivity contribution in [3.8, 4) is 0 Å². The number of nitrogens with zero attached hydrogens (tertiary/aromatic N) is 1. The zero-order valence-corrected chi connectivity index (χ0v) is 11.3. The highest BCUT2D eigenvalue weighted by Gasteiger charge is 2.29. The van der Waals surface area contributed by atoms with Gasteiger partial charge >= 0.3 is 0 Å². The van der Waals surface area contributed by atoms with Crippen LogP contribution in [-0.4, -0.2) is 4.98 Å². The van der Waals surface area contributed by atoms with Crippen LogP contribution in [-0.2, 0) is 0 Å². The maximum absolute atomic E-state index is 6.38. The van der Waals surface area contributed by atoms with Crippen LogP contribution in [0.2, 0.25) is 0 Å². The van der Waals surface area contributed by atoms with Crippen LogP contribution in [0.5, 0.6) is 0 Å². The van der Waals surface area contributed by atoms with Crippen LogP contribution in [0.15, 0.2) is 6.20 Å². The fraction of sp³-hybridized carbons (Fsp3) is 0.769. The summed E-state index contributed by atoms with van der Waals surface area (Å²) in [6.07, 6.45) is 5.89. The van der Waals surface area contributed by atoms with E-state index in [9.17, 15) is 0 Å². The summed E-state index contributed by atoms with van der Waals surface area (Å²) < 4.78 is 0. The highest BCUT2D eigenvalue weighted by atomic mass is 32.1. The lowest BCUT2D eigenvalue weighted by Crippen LogP contribution is -2.28. The molecule has 0 amide bonds. The Balaban J connectivity index is 2.06. The van der Waals surface area contributed by atoms with Crippen molar-refractivity contribution in [3.63, 3.8) is 0 Å². The second-order valence-electron chi connectivity index (χ2n) is 5.48. The number of nitrogens with two attached hydrogens (primary N) is 1. The van der Waals surface area contributed by atoms with E-state index in [2.05, 4.69) is 18.8 Å². The Morgan fingerprint density at radius 2 is 1.94 bits per heavy atom. The molecule has 1 aliphatic carbocycles. The van der Waals surface area contributed by atoms with Crippen molar-refractivity contribution in [2.75, 3.05) is 0 Å². The van der Waals surface area contributed by atoms with E-state index in [1.807, 2.05) is 13.1 Å². The molecule has 1 heterocycles. The minimum absolute atomic E-state index is 0.205. The standard InChI is InChI=1S/C13H22N2S/c1-8-4-9(2)6-11(5-8)13(14)12-7-15-10(3)16-12/h7-9,11,13H,4-6,14H2,1-3H3. The summed E-state index contributed by atoms with van der Waals surface area (Å²) >= 11 is 1.76. The van der Waals surface area contributed by atoms with E-state index in [-0.39, 0.29) is 6.04 Å². The van der Waals surface area contributed by atoms with Crippen molar-refractivity contribution in [1.82, 2.24) is 4.98 Å². The fourth-order valence-corrected chi connectivity index (χ4v) is 3.95. The molecule has 1 saturated carbocycles. The normalized spacial score (nSPS) is 32.6. The Morgan fingerprint density at radius 1 is 1.31 bits per heavy atom. The summed E-state index contributed by atoms with van der Waals surface area (Å²) in [6.45, 7) is 6.76. The summed E-state index contributed by atoms with van der Waals surface area (Å²) in [7, 11) is 0. The topological polar surface area (TPSA) is 38.9 Å². The van der Waals surface area contributed by atoms with Crippen LogP contribution >= 0.6 is 11.3 Å². The Bertz CT molecular complexity index is 337. The third-order valence-electron chi connectivity index (χ3n) is 3.69. The molecular formula is C13H22N2S. The number of hydrogen-bond donors (Lipinski definition) is 1. The van der Waals surface area contributed by atoms with Gasteiger partial charge in [-0.3, -0.25) is 0 Å². The van der Waals surface area contributed by atoms with E-state index in [0.717, 1.165) is 16.8 Å². The molecule has 0 aromatic carbocycles. The molecule has 1 aromatic rings. The molecule has 3 unspecified atom stereocenters. The lowest BCUT2D eigenvalue weighted by atomic mass is 9.74. The maximum atomic E-state index is 6.38. The molecule has 2 rings (SSSR count). The van der Waals surface area contributed by atoms with Crippen LogP contribution in [0.4, 0.5) is 0 Å². The first kappa shape index (κ1) is 12.1. The summed E-state index contributed by atoms with van der Waals surface area (Å²) in [5.74, 6) is 2.31. The molecule has 0 saturated heterocycles. The van der Waals surface area contributed by atoms with Crippen LogP contribution in [0, 0.1) is 24.7 Å². The van der Waals surface area contributed by atoms with Crippen LogP contribution in [0.1, 0.15) is 49.0 Å². The van der Waals surface area contributed by atoms with Crippen molar-refractivity contribution in [2.45, 2.75) is 46.1 Å². The molecule has 0 spiro atoms. The first-order valence-corrected chi connectivity index (χ1v) is 7.05. The second kappa shape index (κ2) is 4.84. The predicted molar refractivity (Wildman–Crippen MR) is 69.4 cm³/mol. The van der Waals surface area contributed by atoms with E-state index >= 15 is 0 Å². The van der Waals surface area contributed by atoms with E-state index in [1.54, 1.807) is 11.3 Å². The second-order valence-corrected chi connectivity index (χ2v) is 6.75. The largest absolute Gasteiger partial charge is 0.323 e. The number of thiazole rings is 1. The highest BCUT2D eigenvalue weighted by molar-refractivity contribution is 7.11. The van der Waals surface area contributed by atoms with Gasteiger partial charge in [0.1, 0.15) is 0 Å². The number of aryl methyl sites for hydroxylation is 1. The van der Waals surface area contributed by atoms with Gasteiger partial charge in [0.15, 0.2) is 0 Å². The first-order chi connectivity index (χ1) is 7.56. The molecule has 2 nitrogen and oxygen atoms in total. The first-order valence-electron chi connectivity index (χ1n) is 6.24. The van der Waals surface area contributed by atoms with Crippen LogP contribution in [0.3, 0.4) is 0 Å². The van der Waals surface area contributed by atoms with E-state index in [0.29, 0.717) is 5.92 Å². The SMILES string of the molecule is Cc1ncc(C(N)C2CC(C)CC(C)C2)s1. The molecule has 0 aliphatic heterocycles. The van der Waals surface area contributed by atoms with Crippen molar-refractivity contribution in [1.29, 1.82) is 0 Å². The molecule has 1 aromatic heterocycles. The van der Waals surface area contributed by atoms with E-state index < -0.39 is 0 Å². The Hall–Kier alpha value is -0.410. The maximum Gasteiger partial charge on any atom is 0.0897 e. The number of rotatable bonds is 2. The zero-order chi connectivity index (χ0) is 11.7. The Kier molecular flexibility index (Phi) is 3.65. The summed E-state index contributed by atoms with van der Waals surface area (Å²) in [4.78, 5) is 5.58. The van der Waals surface area contributed by atoms with Gasteiger partial charge < -0.3 is 5.73 Å². The average molecular weight is 238 g/mol. The Morgan fingerprint density at radius 3 is 2.44 bits per heavy atom. The molecule has 16 heavy (non-hydrogen) atoms. The molecule has 0 radical (unpaired) electrons. The van der Waals surface area contributed by atoms with Crippen molar-refractivity contribution < 1.29 is 0 Å². The van der Waals surface area contributed by atoms with E-state index in [1.165, 1.54) is 24.1 Å². The molecule has 0 bridgehead atoms. The monoisotopic (exact) mass is 238 g/mol. The number of hydrogen-bond acceptors (Lipinski definition) is 3. The number of aromatic nitrogens is 1. The van der Waals surface area contributed by atoms with Crippen LogP contribution < -0.4 is 5.73 Å². The quantitative estimate of drug-likeness (QED) is 0.856. The smallest absolute Gasteiger partial charge is 0.0897 e. The molecule has 90 valence electrons. The zero-order valence-electron chi connectivity index (χ0n) is 10.4. The fourth-order valence-electron chi connectivity index (χ4n) is 3.07. The minimum atomic E-state index is 0.205. The summed E-state index contributed by atoms with van der Waals surface area (Å²) in [5, 5.41) is 1.13. The van der Waals surface area contributed by atoms with Crippen LogP contribution in [0.25, 0.3) is 0 Å². The van der Waals surface area contributed by atoms with Gasteiger partial charge in [-0.15, -0.1) is 11.3 Å². The van der Waals surface area contributed by atoms with Crippen molar-refractivity contribution in [3.05, 3.63) is 16.1 Å². The molecule has 3 atom stereocenters.